The van der Waals surface area contributed by atoms with Crippen molar-refractivity contribution >= 4 is 17.6 Å². The highest BCUT2D eigenvalue weighted by Crippen LogP contribution is 2.43. The molecule has 3 heterocycles. The van der Waals surface area contributed by atoms with E-state index in [1.54, 1.807) is 18.1 Å². The van der Waals surface area contributed by atoms with Crippen LogP contribution in [0.5, 0.6) is 0 Å². The average Bonchev–Trinajstić information content (AvgIpc) is 2.74. The molecule has 1 amide bonds. The van der Waals surface area contributed by atoms with E-state index in [9.17, 15) is 14.7 Å². The predicted molar refractivity (Wildman–Crippen MR) is 81.7 cm³/mol. The third kappa shape index (κ3) is 2.23. The zero-order chi connectivity index (χ0) is 15.9. The predicted octanol–water partition coefficient (Wildman–Crippen LogP) is 1.29. The summed E-state index contributed by atoms with van der Waals surface area (Å²) in [6.07, 6.45) is 3.29. The van der Waals surface area contributed by atoms with Gasteiger partial charge in [-0.2, -0.15) is 0 Å². The van der Waals surface area contributed by atoms with Crippen molar-refractivity contribution in [1.82, 2.24) is 9.88 Å². The van der Waals surface area contributed by atoms with Crippen molar-refractivity contribution in [2.45, 2.75) is 31.7 Å². The Morgan fingerprint density at radius 2 is 2.09 bits per heavy atom. The maximum absolute atomic E-state index is 12.0. The van der Waals surface area contributed by atoms with Gasteiger partial charge in [0.05, 0.1) is 11.5 Å². The number of amides is 1. The summed E-state index contributed by atoms with van der Waals surface area (Å²) >= 11 is 0. The van der Waals surface area contributed by atoms with E-state index in [1.165, 1.54) is 0 Å². The number of nitrogens with zero attached hydrogens (tertiary/aromatic N) is 3. The second kappa shape index (κ2) is 5.26. The Morgan fingerprint density at radius 3 is 2.68 bits per heavy atom. The summed E-state index contributed by atoms with van der Waals surface area (Å²) in [7, 11) is 1.75. The van der Waals surface area contributed by atoms with Gasteiger partial charge >= 0.3 is 5.97 Å². The fourth-order valence-corrected chi connectivity index (χ4v) is 3.86. The number of hydrogen-bond donors (Lipinski definition) is 1. The number of pyridine rings is 1. The van der Waals surface area contributed by atoms with Crippen LogP contribution in [0.1, 0.15) is 25.0 Å². The van der Waals surface area contributed by atoms with E-state index in [2.05, 4.69) is 9.88 Å². The first-order valence-corrected chi connectivity index (χ1v) is 7.61. The van der Waals surface area contributed by atoms with Crippen LogP contribution in [-0.2, 0) is 9.59 Å². The van der Waals surface area contributed by atoms with Gasteiger partial charge in [0.15, 0.2) is 0 Å². The number of aliphatic carboxylic acids is 1. The van der Waals surface area contributed by atoms with Crippen LogP contribution in [0.15, 0.2) is 18.3 Å². The van der Waals surface area contributed by atoms with Gasteiger partial charge in [0.1, 0.15) is 0 Å². The van der Waals surface area contributed by atoms with Crippen molar-refractivity contribution in [1.29, 1.82) is 0 Å². The molecule has 2 aliphatic heterocycles. The standard InChI is InChI=1S/C16H21N3O3/c1-11-9-12(3-6-17-11)19-7-4-16(5-8-19)13(15(21)22)10-14(20)18(16)2/h3,6,9,13H,4-5,7-8,10H2,1-2H3,(H,21,22)/t13-/m0/s1. The molecule has 118 valence electrons. The number of aryl methyl sites for hydroxylation is 1. The number of carboxylic acids is 1. The summed E-state index contributed by atoms with van der Waals surface area (Å²) in [5.74, 6) is -1.50. The molecular weight excluding hydrogens is 282 g/mol. The lowest BCUT2D eigenvalue weighted by Gasteiger charge is -2.46. The number of rotatable bonds is 2. The van der Waals surface area contributed by atoms with E-state index in [-0.39, 0.29) is 12.3 Å². The number of carbonyl (C=O) groups is 2. The molecule has 6 nitrogen and oxygen atoms in total. The monoisotopic (exact) mass is 303 g/mol. The van der Waals surface area contributed by atoms with Crippen molar-refractivity contribution in [2.24, 2.45) is 5.92 Å². The minimum atomic E-state index is -0.856. The first-order chi connectivity index (χ1) is 10.4. The first kappa shape index (κ1) is 14.8. The summed E-state index contributed by atoms with van der Waals surface area (Å²) in [5, 5.41) is 9.48. The van der Waals surface area contributed by atoms with Crippen molar-refractivity contribution in [3.05, 3.63) is 24.0 Å². The molecule has 0 bridgehead atoms. The quantitative estimate of drug-likeness (QED) is 0.891. The number of likely N-dealkylation sites (tertiary alicyclic amines) is 1. The molecule has 3 rings (SSSR count). The number of anilines is 1. The smallest absolute Gasteiger partial charge is 0.309 e. The van der Waals surface area contributed by atoms with Gasteiger partial charge in [-0.1, -0.05) is 0 Å². The Kier molecular flexibility index (Phi) is 3.54. The Balaban J connectivity index is 1.80. The molecule has 2 aliphatic rings. The fraction of sp³-hybridized carbons (Fsp3) is 0.562. The average molecular weight is 303 g/mol. The Morgan fingerprint density at radius 1 is 1.41 bits per heavy atom. The minimum Gasteiger partial charge on any atom is -0.481 e. The fourth-order valence-electron chi connectivity index (χ4n) is 3.86. The number of carbonyl (C=O) groups excluding carboxylic acids is 1. The molecule has 1 aromatic rings. The summed E-state index contributed by atoms with van der Waals surface area (Å²) < 4.78 is 0. The largest absolute Gasteiger partial charge is 0.481 e. The lowest BCUT2D eigenvalue weighted by atomic mass is 9.77. The van der Waals surface area contributed by atoms with Gasteiger partial charge < -0.3 is 14.9 Å². The highest BCUT2D eigenvalue weighted by atomic mass is 16.4. The zero-order valence-electron chi connectivity index (χ0n) is 13.0. The molecule has 0 saturated carbocycles. The van der Waals surface area contributed by atoms with Gasteiger partial charge in [0.25, 0.3) is 0 Å². The zero-order valence-corrected chi connectivity index (χ0v) is 13.0. The van der Waals surface area contributed by atoms with Crippen LogP contribution >= 0.6 is 0 Å². The molecule has 1 atom stereocenters. The molecule has 0 unspecified atom stereocenters. The molecule has 0 aliphatic carbocycles. The normalized spacial score (nSPS) is 24.1. The molecule has 0 aromatic carbocycles. The summed E-state index contributed by atoms with van der Waals surface area (Å²) in [6.45, 7) is 3.47. The van der Waals surface area contributed by atoms with Crippen LogP contribution in [-0.4, -0.2) is 52.5 Å². The van der Waals surface area contributed by atoms with E-state index in [0.29, 0.717) is 12.8 Å². The summed E-state index contributed by atoms with van der Waals surface area (Å²) in [5.41, 5.74) is 1.55. The lowest BCUT2D eigenvalue weighted by molar-refractivity contribution is -0.145. The van der Waals surface area contributed by atoms with Gasteiger partial charge in [-0.15, -0.1) is 0 Å². The molecule has 0 radical (unpaired) electrons. The molecule has 2 saturated heterocycles. The maximum atomic E-state index is 12.0. The minimum absolute atomic E-state index is 0.0550. The number of hydrogen-bond acceptors (Lipinski definition) is 4. The van der Waals surface area contributed by atoms with Crippen molar-refractivity contribution in [3.8, 4) is 0 Å². The topological polar surface area (TPSA) is 73.7 Å². The SMILES string of the molecule is Cc1cc(N2CCC3(CC2)[C@H](C(=O)O)CC(=O)N3C)ccn1. The Labute approximate surface area is 129 Å². The van der Waals surface area contributed by atoms with Crippen LogP contribution in [0.4, 0.5) is 5.69 Å². The van der Waals surface area contributed by atoms with E-state index in [0.717, 1.165) is 24.5 Å². The summed E-state index contributed by atoms with van der Waals surface area (Å²) in [6, 6.07) is 4.01. The van der Waals surface area contributed by atoms with Crippen LogP contribution in [0, 0.1) is 12.8 Å². The Bertz CT molecular complexity index is 608. The third-order valence-corrected chi connectivity index (χ3v) is 5.24. The van der Waals surface area contributed by atoms with Gasteiger partial charge in [-0.25, -0.2) is 0 Å². The van der Waals surface area contributed by atoms with Gasteiger partial charge in [-0.3, -0.25) is 14.6 Å². The van der Waals surface area contributed by atoms with Gasteiger partial charge in [0, 0.05) is 44.1 Å². The second-order valence-corrected chi connectivity index (χ2v) is 6.29. The second-order valence-electron chi connectivity index (χ2n) is 6.29. The number of piperidine rings is 1. The van der Waals surface area contributed by atoms with E-state index in [4.69, 9.17) is 0 Å². The van der Waals surface area contributed by atoms with Crippen LogP contribution in [0.25, 0.3) is 0 Å². The molecule has 22 heavy (non-hydrogen) atoms. The van der Waals surface area contributed by atoms with Gasteiger partial charge in [-0.05, 0) is 31.9 Å². The first-order valence-electron chi connectivity index (χ1n) is 7.61. The third-order valence-electron chi connectivity index (χ3n) is 5.24. The number of aromatic nitrogens is 1. The Hall–Kier alpha value is -2.11. The molecule has 2 fully saturated rings. The van der Waals surface area contributed by atoms with Crippen molar-refractivity contribution in [2.75, 3.05) is 25.0 Å². The maximum Gasteiger partial charge on any atom is 0.309 e. The summed E-state index contributed by atoms with van der Waals surface area (Å²) in [4.78, 5) is 31.7. The van der Waals surface area contributed by atoms with E-state index in [1.807, 2.05) is 19.1 Å². The van der Waals surface area contributed by atoms with Crippen molar-refractivity contribution < 1.29 is 14.7 Å². The van der Waals surface area contributed by atoms with Gasteiger partial charge in [0.2, 0.25) is 5.91 Å². The highest BCUT2D eigenvalue weighted by molar-refractivity contribution is 5.88. The molecular formula is C16H21N3O3. The molecule has 6 heteroatoms. The van der Waals surface area contributed by atoms with Crippen LogP contribution in [0.2, 0.25) is 0 Å². The van der Waals surface area contributed by atoms with E-state index < -0.39 is 17.4 Å². The molecule has 1 spiro atoms. The van der Waals surface area contributed by atoms with Crippen LogP contribution < -0.4 is 4.90 Å². The van der Waals surface area contributed by atoms with Crippen LogP contribution in [0.3, 0.4) is 0 Å². The van der Waals surface area contributed by atoms with Crippen molar-refractivity contribution in [3.63, 3.8) is 0 Å². The highest BCUT2D eigenvalue weighted by Gasteiger charge is 2.55. The molecule has 1 aromatic heterocycles. The molecule has 1 N–H and O–H groups in total. The van der Waals surface area contributed by atoms with E-state index >= 15 is 0 Å². The lowest BCUT2D eigenvalue weighted by Crippen LogP contribution is -2.56. The number of carboxylic acid groups (broad SMARTS) is 1.